The average Bonchev–Trinajstić information content (AvgIpc) is 2.94. The minimum atomic E-state index is -0.397. The minimum Gasteiger partial charge on any atom is -0.326 e. The fourth-order valence-corrected chi connectivity index (χ4v) is 3.08. The van der Waals surface area contributed by atoms with Crippen molar-refractivity contribution in [2.24, 2.45) is 5.92 Å². The summed E-state index contributed by atoms with van der Waals surface area (Å²) in [5.74, 6) is -0.643. The van der Waals surface area contributed by atoms with Crippen LogP contribution in [0.1, 0.15) is 12.0 Å². The van der Waals surface area contributed by atoms with Crippen molar-refractivity contribution in [3.05, 3.63) is 58.1 Å². The summed E-state index contributed by atoms with van der Waals surface area (Å²) >= 11 is 12.0. The molecule has 24 heavy (non-hydrogen) atoms. The Labute approximate surface area is 150 Å². The maximum Gasteiger partial charge on any atom is 0.229 e. The van der Waals surface area contributed by atoms with Gasteiger partial charge in [-0.15, -0.1) is 0 Å². The maximum atomic E-state index is 12.4. The number of nitrogens with zero attached hydrogens (tertiary/aromatic N) is 1. The van der Waals surface area contributed by atoms with E-state index in [0.29, 0.717) is 22.3 Å². The van der Waals surface area contributed by atoms with Crippen molar-refractivity contribution in [3.63, 3.8) is 0 Å². The first-order valence-electron chi connectivity index (χ1n) is 7.57. The Morgan fingerprint density at radius 1 is 1.17 bits per heavy atom. The number of anilines is 2. The normalized spacial score (nSPS) is 17.2. The van der Waals surface area contributed by atoms with Crippen molar-refractivity contribution in [3.8, 4) is 0 Å². The van der Waals surface area contributed by atoms with Gasteiger partial charge in [0.15, 0.2) is 0 Å². The summed E-state index contributed by atoms with van der Waals surface area (Å²) in [6.07, 6.45) is 0.186. The topological polar surface area (TPSA) is 49.4 Å². The highest BCUT2D eigenvalue weighted by atomic mass is 35.5. The molecule has 1 N–H and O–H groups in total. The van der Waals surface area contributed by atoms with Gasteiger partial charge in [0.25, 0.3) is 0 Å². The molecule has 0 saturated carbocycles. The van der Waals surface area contributed by atoms with E-state index < -0.39 is 5.92 Å². The van der Waals surface area contributed by atoms with Crippen molar-refractivity contribution in [1.82, 2.24) is 0 Å². The molecule has 1 aliphatic rings. The fourth-order valence-electron chi connectivity index (χ4n) is 2.78. The van der Waals surface area contributed by atoms with E-state index in [4.69, 9.17) is 23.2 Å². The Morgan fingerprint density at radius 2 is 1.88 bits per heavy atom. The standard InChI is InChI=1S/C18H16Cl2N2O2/c1-11-15(20)3-2-4-16(11)22-10-12(9-17(22)23)18(24)21-14-7-5-13(19)6-8-14/h2-8,12H,9-10H2,1H3,(H,21,24). The molecule has 1 unspecified atom stereocenters. The molecule has 2 aromatic carbocycles. The molecular formula is C18H16Cl2N2O2. The summed E-state index contributed by atoms with van der Waals surface area (Å²) in [5.41, 5.74) is 2.26. The molecule has 4 nitrogen and oxygen atoms in total. The third kappa shape index (κ3) is 3.40. The Kier molecular flexibility index (Phi) is 4.78. The Balaban J connectivity index is 1.73. The van der Waals surface area contributed by atoms with E-state index in [9.17, 15) is 9.59 Å². The van der Waals surface area contributed by atoms with Crippen LogP contribution >= 0.6 is 23.2 Å². The quantitative estimate of drug-likeness (QED) is 0.884. The summed E-state index contributed by atoms with van der Waals surface area (Å²) in [5, 5.41) is 4.04. The van der Waals surface area contributed by atoms with Gasteiger partial charge in [-0.1, -0.05) is 29.3 Å². The van der Waals surface area contributed by atoms with Crippen LogP contribution in [0.4, 0.5) is 11.4 Å². The molecule has 2 aromatic rings. The molecule has 0 aromatic heterocycles. The first-order valence-corrected chi connectivity index (χ1v) is 8.33. The molecule has 124 valence electrons. The van der Waals surface area contributed by atoms with Gasteiger partial charge in [-0.2, -0.15) is 0 Å². The van der Waals surface area contributed by atoms with Crippen LogP contribution in [-0.4, -0.2) is 18.4 Å². The van der Waals surface area contributed by atoms with E-state index in [1.54, 1.807) is 41.3 Å². The first kappa shape index (κ1) is 16.8. The highest BCUT2D eigenvalue weighted by molar-refractivity contribution is 6.32. The van der Waals surface area contributed by atoms with E-state index in [2.05, 4.69) is 5.32 Å². The summed E-state index contributed by atoms with van der Waals surface area (Å²) in [4.78, 5) is 26.4. The monoisotopic (exact) mass is 362 g/mol. The average molecular weight is 363 g/mol. The zero-order valence-corrected chi connectivity index (χ0v) is 14.6. The number of benzene rings is 2. The van der Waals surface area contributed by atoms with E-state index in [1.165, 1.54) is 0 Å². The number of nitrogens with one attached hydrogen (secondary N) is 1. The lowest BCUT2D eigenvalue weighted by atomic mass is 10.1. The lowest BCUT2D eigenvalue weighted by Gasteiger charge is -2.19. The predicted molar refractivity (Wildman–Crippen MR) is 96.7 cm³/mol. The van der Waals surface area contributed by atoms with Crippen molar-refractivity contribution in [2.45, 2.75) is 13.3 Å². The zero-order chi connectivity index (χ0) is 17.3. The molecule has 0 aliphatic carbocycles. The molecule has 0 bridgehead atoms. The van der Waals surface area contributed by atoms with Gasteiger partial charge in [0.2, 0.25) is 11.8 Å². The highest BCUT2D eigenvalue weighted by Crippen LogP contribution is 2.31. The summed E-state index contributed by atoms with van der Waals surface area (Å²) in [6, 6.07) is 12.3. The number of rotatable bonds is 3. The van der Waals surface area contributed by atoms with Crippen LogP contribution in [0.2, 0.25) is 10.0 Å². The minimum absolute atomic E-state index is 0.0726. The van der Waals surface area contributed by atoms with E-state index >= 15 is 0 Å². The fraction of sp³-hybridized carbons (Fsp3) is 0.222. The van der Waals surface area contributed by atoms with Crippen molar-refractivity contribution in [1.29, 1.82) is 0 Å². The predicted octanol–water partition coefficient (Wildman–Crippen LogP) is 4.29. The summed E-state index contributed by atoms with van der Waals surface area (Å²) < 4.78 is 0. The van der Waals surface area contributed by atoms with Gasteiger partial charge in [0, 0.05) is 34.4 Å². The van der Waals surface area contributed by atoms with Crippen LogP contribution in [-0.2, 0) is 9.59 Å². The molecule has 0 radical (unpaired) electrons. The molecule has 1 aliphatic heterocycles. The number of carbonyl (C=O) groups excluding carboxylic acids is 2. The van der Waals surface area contributed by atoms with Crippen LogP contribution in [0, 0.1) is 12.8 Å². The van der Waals surface area contributed by atoms with Crippen LogP contribution in [0.3, 0.4) is 0 Å². The van der Waals surface area contributed by atoms with Crippen molar-refractivity contribution in [2.75, 3.05) is 16.8 Å². The number of carbonyl (C=O) groups is 2. The molecule has 2 amide bonds. The molecule has 3 rings (SSSR count). The second kappa shape index (κ2) is 6.83. The van der Waals surface area contributed by atoms with Crippen LogP contribution in [0.5, 0.6) is 0 Å². The highest BCUT2D eigenvalue weighted by Gasteiger charge is 2.35. The number of hydrogen-bond acceptors (Lipinski definition) is 2. The Morgan fingerprint density at radius 3 is 2.58 bits per heavy atom. The van der Waals surface area contributed by atoms with Crippen LogP contribution in [0.25, 0.3) is 0 Å². The Bertz CT molecular complexity index is 790. The van der Waals surface area contributed by atoms with Crippen molar-refractivity contribution >= 4 is 46.4 Å². The summed E-state index contributed by atoms with van der Waals surface area (Å²) in [7, 11) is 0. The second-order valence-electron chi connectivity index (χ2n) is 5.79. The van der Waals surface area contributed by atoms with Gasteiger partial charge in [-0.3, -0.25) is 9.59 Å². The van der Waals surface area contributed by atoms with Crippen molar-refractivity contribution < 1.29 is 9.59 Å². The van der Waals surface area contributed by atoms with Crippen LogP contribution < -0.4 is 10.2 Å². The van der Waals surface area contributed by atoms with Gasteiger partial charge in [0.05, 0.1) is 5.92 Å². The number of halogens is 2. The third-order valence-corrected chi connectivity index (χ3v) is 4.80. The summed E-state index contributed by atoms with van der Waals surface area (Å²) in [6.45, 7) is 2.21. The molecule has 1 heterocycles. The number of hydrogen-bond donors (Lipinski definition) is 1. The molecular weight excluding hydrogens is 347 g/mol. The van der Waals surface area contributed by atoms with E-state index in [1.807, 2.05) is 13.0 Å². The molecule has 1 saturated heterocycles. The van der Waals surface area contributed by atoms with Gasteiger partial charge in [0.1, 0.15) is 0 Å². The van der Waals surface area contributed by atoms with E-state index in [0.717, 1.165) is 11.3 Å². The lowest BCUT2D eigenvalue weighted by molar-refractivity contribution is -0.122. The lowest BCUT2D eigenvalue weighted by Crippen LogP contribution is -2.28. The van der Waals surface area contributed by atoms with E-state index in [-0.39, 0.29) is 18.2 Å². The van der Waals surface area contributed by atoms with Gasteiger partial charge < -0.3 is 10.2 Å². The van der Waals surface area contributed by atoms with Gasteiger partial charge >= 0.3 is 0 Å². The third-order valence-electron chi connectivity index (χ3n) is 4.14. The zero-order valence-electron chi connectivity index (χ0n) is 13.1. The van der Waals surface area contributed by atoms with Gasteiger partial charge in [-0.05, 0) is 48.9 Å². The van der Waals surface area contributed by atoms with Gasteiger partial charge in [-0.25, -0.2) is 0 Å². The number of amides is 2. The SMILES string of the molecule is Cc1c(Cl)cccc1N1CC(C(=O)Nc2ccc(Cl)cc2)CC1=O. The molecule has 0 spiro atoms. The molecule has 6 heteroatoms. The first-order chi connectivity index (χ1) is 11.5. The molecule has 1 atom stereocenters. The van der Waals surface area contributed by atoms with Crippen LogP contribution in [0.15, 0.2) is 42.5 Å². The molecule has 1 fully saturated rings. The smallest absolute Gasteiger partial charge is 0.229 e. The largest absolute Gasteiger partial charge is 0.326 e. The maximum absolute atomic E-state index is 12.4. The second-order valence-corrected chi connectivity index (χ2v) is 6.63. The Hall–Kier alpha value is -2.04.